The van der Waals surface area contributed by atoms with E-state index < -0.39 is 0 Å². The largest absolute Gasteiger partial charge is 0.507 e. The van der Waals surface area contributed by atoms with Crippen LogP contribution in [0.3, 0.4) is 0 Å². The fourth-order valence-corrected chi connectivity index (χ4v) is 4.39. The minimum atomic E-state index is 0.310. The first-order valence-electron chi connectivity index (χ1n) is 7.13. The average molecular weight is 287 g/mol. The molecule has 0 amide bonds. The summed E-state index contributed by atoms with van der Waals surface area (Å²) in [4.78, 5) is 0. The van der Waals surface area contributed by atoms with Gasteiger partial charge in [-0.25, -0.2) is 0 Å². The second kappa shape index (κ2) is 5.21. The van der Waals surface area contributed by atoms with Crippen molar-refractivity contribution in [2.24, 2.45) is 5.41 Å². The maximum atomic E-state index is 9.97. The van der Waals surface area contributed by atoms with Gasteiger partial charge < -0.3 is 10.4 Å². The van der Waals surface area contributed by atoms with Gasteiger partial charge in [-0.1, -0.05) is 38.1 Å². The number of fused-ring (bicyclic) bond motifs is 1. The highest BCUT2D eigenvalue weighted by Gasteiger charge is 2.32. The van der Waals surface area contributed by atoms with Gasteiger partial charge in [0.25, 0.3) is 0 Å². The van der Waals surface area contributed by atoms with E-state index >= 15 is 0 Å². The zero-order valence-electron chi connectivity index (χ0n) is 12.0. The van der Waals surface area contributed by atoms with Gasteiger partial charge in [0.2, 0.25) is 0 Å². The molecule has 1 saturated heterocycles. The molecule has 20 heavy (non-hydrogen) atoms. The van der Waals surface area contributed by atoms with Gasteiger partial charge in [-0.2, -0.15) is 11.8 Å². The van der Waals surface area contributed by atoms with Gasteiger partial charge in [-0.05, 0) is 29.7 Å². The number of hydrogen-bond acceptors (Lipinski definition) is 3. The van der Waals surface area contributed by atoms with Crippen LogP contribution in [0.25, 0.3) is 10.8 Å². The standard InChI is InChI=1S/C17H21NOS/c1-17(2)9-10-20-11-16(17)18-14-7-3-6-13-12(14)5-4-8-15(13)19/h3-8,16,18-19H,9-11H2,1-2H3. The van der Waals surface area contributed by atoms with Gasteiger partial charge in [-0.3, -0.25) is 0 Å². The quantitative estimate of drug-likeness (QED) is 0.853. The molecule has 3 heteroatoms. The number of hydrogen-bond donors (Lipinski definition) is 2. The fraction of sp³-hybridized carbons (Fsp3) is 0.412. The highest BCUT2D eigenvalue weighted by Crippen LogP contribution is 2.38. The number of phenols is 1. The highest BCUT2D eigenvalue weighted by atomic mass is 32.2. The maximum absolute atomic E-state index is 9.97. The average Bonchev–Trinajstić information content (AvgIpc) is 2.42. The van der Waals surface area contributed by atoms with Crippen LogP contribution in [0.15, 0.2) is 36.4 Å². The van der Waals surface area contributed by atoms with E-state index in [0.717, 1.165) is 22.2 Å². The molecule has 0 spiro atoms. The van der Waals surface area contributed by atoms with Crippen molar-refractivity contribution in [2.75, 3.05) is 16.8 Å². The predicted octanol–water partition coefficient (Wildman–Crippen LogP) is 4.49. The van der Waals surface area contributed by atoms with E-state index in [0.29, 0.717) is 17.2 Å². The molecule has 0 aromatic heterocycles. The molecule has 0 radical (unpaired) electrons. The van der Waals surface area contributed by atoms with Crippen molar-refractivity contribution in [3.05, 3.63) is 36.4 Å². The van der Waals surface area contributed by atoms with Crippen LogP contribution in [-0.2, 0) is 0 Å². The Morgan fingerprint density at radius 2 is 1.90 bits per heavy atom. The first-order chi connectivity index (χ1) is 9.58. The molecule has 0 bridgehead atoms. The van der Waals surface area contributed by atoms with E-state index in [1.165, 1.54) is 12.2 Å². The lowest BCUT2D eigenvalue weighted by molar-refractivity contribution is 0.305. The van der Waals surface area contributed by atoms with Crippen molar-refractivity contribution in [2.45, 2.75) is 26.3 Å². The van der Waals surface area contributed by atoms with Crippen molar-refractivity contribution in [3.8, 4) is 5.75 Å². The summed E-state index contributed by atoms with van der Waals surface area (Å²) in [7, 11) is 0. The molecule has 2 nitrogen and oxygen atoms in total. The van der Waals surface area contributed by atoms with Crippen molar-refractivity contribution < 1.29 is 5.11 Å². The number of benzene rings is 2. The molecule has 1 aliphatic heterocycles. The van der Waals surface area contributed by atoms with E-state index in [2.05, 4.69) is 31.3 Å². The van der Waals surface area contributed by atoms with E-state index in [4.69, 9.17) is 0 Å². The van der Waals surface area contributed by atoms with Crippen LogP contribution in [0.4, 0.5) is 5.69 Å². The molecule has 0 aliphatic carbocycles. The lowest BCUT2D eigenvalue weighted by atomic mass is 9.82. The van der Waals surface area contributed by atoms with Gasteiger partial charge in [0.1, 0.15) is 5.75 Å². The summed E-state index contributed by atoms with van der Waals surface area (Å²) in [6.07, 6.45) is 1.24. The van der Waals surface area contributed by atoms with Gasteiger partial charge in [0.05, 0.1) is 0 Å². The lowest BCUT2D eigenvalue weighted by Gasteiger charge is -2.39. The number of anilines is 1. The maximum Gasteiger partial charge on any atom is 0.123 e. The van der Waals surface area contributed by atoms with Crippen LogP contribution in [0.5, 0.6) is 5.75 Å². The van der Waals surface area contributed by atoms with E-state index in [1.54, 1.807) is 6.07 Å². The molecular weight excluding hydrogens is 266 g/mol. The van der Waals surface area contributed by atoms with Gasteiger partial charge >= 0.3 is 0 Å². The Bertz CT molecular complexity index is 623. The minimum Gasteiger partial charge on any atom is -0.507 e. The summed E-state index contributed by atoms with van der Waals surface area (Å²) in [5.41, 5.74) is 1.43. The number of nitrogens with one attached hydrogen (secondary N) is 1. The molecule has 1 fully saturated rings. The van der Waals surface area contributed by atoms with E-state index in [-0.39, 0.29) is 0 Å². The highest BCUT2D eigenvalue weighted by molar-refractivity contribution is 7.99. The third-order valence-electron chi connectivity index (χ3n) is 4.35. The van der Waals surface area contributed by atoms with Gasteiger partial charge in [-0.15, -0.1) is 0 Å². The molecule has 3 rings (SSSR count). The fourth-order valence-electron chi connectivity index (χ4n) is 2.78. The first-order valence-corrected chi connectivity index (χ1v) is 8.28. The Hall–Kier alpha value is -1.35. The van der Waals surface area contributed by atoms with Gasteiger partial charge in [0.15, 0.2) is 0 Å². The summed E-state index contributed by atoms with van der Waals surface area (Å²) < 4.78 is 0. The van der Waals surface area contributed by atoms with E-state index in [1.807, 2.05) is 30.0 Å². The van der Waals surface area contributed by atoms with Crippen molar-refractivity contribution >= 4 is 28.2 Å². The van der Waals surface area contributed by atoms with Crippen molar-refractivity contribution in [1.29, 1.82) is 0 Å². The summed E-state index contributed by atoms with van der Waals surface area (Å²) in [6, 6.07) is 12.3. The van der Waals surface area contributed by atoms with Crippen molar-refractivity contribution in [1.82, 2.24) is 0 Å². The predicted molar refractivity (Wildman–Crippen MR) is 88.7 cm³/mol. The molecule has 1 aliphatic rings. The summed E-state index contributed by atoms with van der Waals surface area (Å²) in [5, 5.41) is 15.7. The molecule has 106 valence electrons. The molecule has 1 atom stereocenters. The number of aromatic hydroxyl groups is 1. The van der Waals surface area contributed by atoms with Crippen LogP contribution in [0, 0.1) is 5.41 Å². The number of phenolic OH excluding ortho intramolecular Hbond substituents is 1. The third-order valence-corrected chi connectivity index (χ3v) is 5.41. The second-order valence-corrected chi connectivity index (χ2v) is 7.34. The molecule has 1 unspecified atom stereocenters. The van der Waals surface area contributed by atoms with E-state index in [9.17, 15) is 5.11 Å². The zero-order chi connectivity index (χ0) is 14.2. The van der Waals surface area contributed by atoms with Crippen LogP contribution in [0.1, 0.15) is 20.3 Å². The molecule has 2 aromatic rings. The Kier molecular flexibility index (Phi) is 3.55. The Morgan fingerprint density at radius 1 is 1.15 bits per heavy atom. The molecule has 0 saturated carbocycles. The summed E-state index contributed by atoms with van der Waals surface area (Å²) in [6.45, 7) is 4.68. The van der Waals surface area contributed by atoms with Crippen LogP contribution >= 0.6 is 11.8 Å². The SMILES string of the molecule is CC1(C)CCSCC1Nc1cccc2c(O)cccc12. The van der Waals surface area contributed by atoms with Crippen LogP contribution < -0.4 is 5.32 Å². The monoisotopic (exact) mass is 287 g/mol. The smallest absolute Gasteiger partial charge is 0.123 e. The van der Waals surface area contributed by atoms with Crippen molar-refractivity contribution in [3.63, 3.8) is 0 Å². The van der Waals surface area contributed by atoms with Crippen LogP contribution in [0.2, 0.25) is 0 Å². The minimum absolute atomic E-state index is 0.310. The van der Waals surface area contributed by atoms with Crippen LogP contribution in [-0.4, -0.2) is 22.7 Å². The second-order valence-electron chi connectivity index (χ2n) is 6.19. The normalized spacial score (nSPS) is 21.8. The molecule has 2 N–H and O–H groups in total. The molecular formula is C17H21NOS. The topological polar surface area (TPSA) is 32.3 Å². The molecule has 2 aromatic carbocycles. The number of rotatable bonds is 2. The Labute approximate surface area is 124 Å². The van der Waals surface area contributed by atoms with Gasteiger partial charge in [0, 0.05) is 28.3 Å². The molecule has 1 heterocycles. The lowest BCUT2D eigenvalue weighted by Crippen LogP contribution is -2.41. The first kappa shape index (κ1) is 13.6. The Morgan fingerprint density at radius 3 is 2.70 bits per heavy atom. The third kappa shape index (κ3) is 2.47. The summed E-state index contributed by atoms with van der Waals surface area (Å²) in [5.74, 6) is 2.74. The summed E-state index contributed by atoms with van der Waals surface area (Å²) >= 11 is 2.02. The zero-order valence-corrected chi connectivity index (χ0v) is 12.8. The Balaban J connectivity index is 1.97. The number of thioether (sulfide) groups is 1.